The Bertz CT molecular complexity index is 971. The van der Waals surface area contributed by atoms with E-state index >= 15 is 0 Å². The van der Waals surface area contributed by atoms with E-state index < -0.39 is 24.2 Å². The fraction of sp³-hybridized carbons (Fsp3) is 0.417. The van der Waals surface area contributed by atoms with Crippen LogP contribution in [0.25, 0.3) is 0 Å². The molecule has 0 aromatic heterocycles. The van der Waals surface area contributed by atoms with Gasteiger partial charge < -0.3 is 19.9 Å². The van der Waals surface area contributed by atoms with Crippen molar-refractivity contribution in [1.82, 2.24) is 5.32 Å². The van der Waals surface area contributed by atoms with Gasteiger partial charge in [-0.15, -0.1) is 0 Å². The van der Waals surface area contributed by atoms with Gasteiger partial charge in [-0.25, -0.2) is 4.79 Å². The number of ether oxygens (including phenoxy) is 2. The normalized spacial score (nSPS) is 18.0. The molecule has 0 unspecified atom stereocenters. The number of hydrogen-bond donors (Lipinski definition) is 2. The van der Waals surface area contributed by atoms with Crippen LogP contribution < -0.4 is 10.1 Å². The van der Waals surface area contributed by atoms with E-state index in [9.17, 15) is 18.4 Å². The van der Waals surface area contributed by atoms with Gasteiger partial charge in [0.2, 0.25) is 5.91 Å². The van der Waals surface area contributed by atoms with Crippen molar-refractivity contribution in [3.63, 3.8) is 0 Å². The maximum absolute atomic E-state index is 13.2. The van der Waals surface area contributed by atoms with Crippen LogP contribution in [0.15, 0.2) is 48.5 Å². The first-order valence-corrected chi connectivity index (χ1v) is 10.7. The highest BCUT2D eigenvalue weighted by molar-refractivity contribution is 5.87. The molecular formula is C24H25F2NO5. The minimum absolute atomic E-state index is 0.0486. The van der Waals surface area contributed by atoms with E-state index in [1.165, 1.54) is 24.3 Å². The average molecular weight is 445 g/mol. The van der Waals surface area contributed by atoms with E-state index in [0.717, 1.165) is 37.7 Å². The number of benzene rings is 2. The van der Waals surface area contributed by atoms with E-state index in [-0.39, 0.29) is 29.7 Å². The zero-order valence-electron chi connectivity index (χ0n) is 17.4. The molecule has 4 rings (SSSR count). The summed E-state index contributed by atoms with van der Waals surface area (Å²) in [4.78, 5) is 24.3. The molecule has 2 fully saturated rings. The zero-order valence-corrected chi connectivity index (χ0v) is 17.4. The van der Waals surface area contributed by atoms with E-state index in [0.29, 0.717) is 5.56 Å². The first-order valence-electron chi connectivity index (χ1n) is 10.7. The van der Waals surface area contributed by atoms with Crippen molar-refractivity contribution >= 4 is 11.9 Å². The van der Waals surface area contributed by atoms with Crippen LogP contribution in [0, 0.1) is 5.92 Å². The van der Waals surface area contributed by atoms with E-state index in [1.54, 1.807) is 24.3 Å². The number of nitrogens with one attached hydrogen (secondary N) is 1. The molecule has 2 saturated carbocycles. The summed E-state index contributed by atoms with van der Waals surface area (Å²) in [6.07, 6.45) is 3.74. The fourth-order valence-electron chi connectivity index (χ4n) is 4.02. The second-order valence-electron chi connectivity index (χ2n) is 8.40. The Kier molecular flexibility index (Phi) is 6.41. The summed E-state index contributed by atoms with van der Waals surface area (Å²) in [6.45, 7) is -2.80. The molecule has 32 heavy (non-hydrogen) atoms. The Morgan fingerprint density at radius 2 is 1.84 bits per heavy atom. The van der Waals surface area contributed by atoms with Gasteiger partial charge in [-0.2, -0.15) is 8.78 Å². The largest absolute Gasteiger partial charge is 0.478 e. The first-order chi connectivity index (χ1) is 15.4. The van der Waals surface area contributed by atoms with Gasteiger partial charge in [-0.3, -0.25) is 4.79 Å². The van der Waals surface area contributed by atoms with Crippen molar-refractivity contribution in [2.45, 2.75) is 57.0 Å². The summed E-state index contributed by atoms with van der Waals surface area (Å²) in [5.41, 5.74) is 1.22. The van der Waals surface area contributed by atoms with Crippen molar-refractivity contribution < 1.29 is 33.0 Å². The number of carboxylic acid groups (broad SMARTS) is 1. The minimum Gasteiger partial charge on any atom is -0.478 e. The van der Waals surface area contributed by atoms with Crippen LogP contribution in [0.1, 0.15) is 53.6 Å². The summed E-state index contributed by atoms with van der Waals surface area (Å²) in [5, 5.41) is 12.2. The molecule has 2 aliphatic rings. The van der Waals surface area contributed by atoms with Crippen LogP contribution in [0.4, 0.5) is 8.78 Å². The zero-order chi connectivity index (χ0) is 22.7. The molecule has 170 valence electrons. The highest BCUT2D eigenvalue weighted by atomic mass is 19.3. The smallest absolute Gasteiger partial charge is 0.387 e. The summed E-state index contributed by atoms with van der Waals surface area (Å²) < 4.78 is 35.3. The molecule has 0 radical (unpaired) electrons. The number of aromatic carboxylic acids is 1. The summed E-state index contributed by atoms with van der Waals surface area (Å²) in [6, 6.07) is 12.8. The van der Waals surface area contributed by atoms with Crippen molar-refractivity contribution in [1.29, 1.82) is 0 Å². The number of hydrogen-bond acceptors (Lipinski definition) is 4. The first kappa shape index (κ1) is 22.2. The predicted molar refractivity (Wildman–Crippen MR) is 111 cm³/mol. The van der Waals surface area contributed by atoms with Crippen LogP contribution in [0.3, 0.4) is 0 Å². The lowest BCUT2D eigenvalue weighted by atomic mass is 9.80. The van der Waals surface area contributed by atoms with Gasteiger partial charge >= 0.3 is 12.6 Å². The molecule has 0 spiro atoms. The van der Waals surface area contributed by atoms with Crippen molar-refractivity contribution in [2.24, 2.45) is 5.92 Å². The summed E-state index contributed by atoms with van der Waals surface area (Å²) in [5.74, 6) is -1.03. The number of amides is 1. The Labute approximate surface area is 184 Å². The van der Waals surface area contributed by atoms with Crippen molar-refractivity contribution in [2.75, 3.05) is 0 Å². The van der Waals surface area contributed by atoms with Crippen LogP contribution in [0.5, 0.6) is 5.75 Å². The molecule has 0 saturated heterocycles. The van der Waals surface area contributed by atoms with Gasteiger partial charge in [0.1, 0.15) is 11.9 Å². The monoisotopic (exact) mass is 445 g/mol. The van der Waals surface area contributed by atoms with Crippen LogP contribution in [-0.4, -0.2) is 29.7 Å². The maximum Gasteiger partial charge on any atom is 0.387 e. The number of halogens is 2. The summed E-state index contributed by atoms with van der Waals surface area (Å²) in [7, 11) is 0. The van der Waals surface area contributed by atoms with Gasteiger partial charge in [-0.05, 0) is 67.0 Å². The molecular weight excluding hydrogens is 420 g/mol. The quantitative estimate of drug-likeness (QED) is 0.563. The summed E-state index contributed by atoms with van der Waals surface area (Å²) >= 11 is 0. The minimum atomic E-state index is -2.90. The number of carbonyl (C=O) groups excluding carboxylic acids is 1. The predicted octanol–water partition coefficient (Wildman–Crippen LogP) is 4.48. The molecule has 6 nitrogen and oxygen atoms in total. The van der Waals surface area contributed by atoms with E-state index in [1.807, 2.05) is 0 Å². The Hall–Kier alpha value is -3.00. The third-order valence-corrected chi connectivity index (χ3v) is 6.19. The molecule has 0 bridgehead atoms. The highest BCUT2D eigenvalue weighted by Crippen LogP contribution is 2.46. The molecule has 2 aliphatic carbocycles. The molecule has 2 N–H and O–H groups in total. The second-order valence-corrected chi connectivity index (χ2v) is 8.40. The molecule has 8 heteroatoms. The molecule has 0 heterocycles. The Morgan fingerprint density at radius 3 is 2.41 bits per heavy atom. The van der Waals surface area contributed by atoms with Gasteiger partial charge in [0.25, 0.3) is 0 Å². The number of carboxylic acids is 1. The standard InChI is InChI=1S/C24H25F2NO5/c25-23(26)32-19-6-1-3-15(13-19)14-31-20(16-4-2-5-16)21(28)27-24(11-12-24)18-9-7-17(8-10-18)22(29)30/h1,3,6-10,13,16,20,23H,2,4-5,11-12,14H2,(H,27,28)(H,29,30)/t20-/m0/s1. The van der Waals surface area contributed by atoms with E-state index in [4.69, 9.17) is 9.84 Å². The molecule has 1 amide bonds. The van der Waals surface area contributed by atoms with Gasteiger partial charge in [0.05, 0.1) is 17.7 Å². The topological polar surface area (TPSA) is 84.9 Å². The van der Waals surface area contributed by atoms with Gasteiger partial charge in [0.15, 0.2) is 0 Å². The van der Waals surface area contributed by atoms with Crippen LogP contribution >= 0.6 is 0 Å². The van der Waals surface area contributed by atoms with Crippen LogP contribution in [-0.2, 0) is 21.7 Å². The Morgan fingerprint density at radius 1 is 1.12 bits per heavy atom. The molecule has 1 atom stereocenters. The number of rotatable bonds is 10. The Balaban J connectivity index is 1.42. The average Bonchev–Trinajstić information content (AvgIpc) is 3.50. The molecule has 2 aromatic rings. The highest BCUT2D eigenvalue weighted by Gasteiger charge is 2.47. The number of carbonyl (C=O) groups is 2. The van der Waals surface area contributed by atoms with Gasteiger partial charge in [0, 0.05) is 0 Å². The molecule has 0 aliphatic heterocycles. The number of alkyl halides is 2. The molecule has 2 aromatic carbocycles. The van der Waals surface area contributed by atoms with Crippen molar-refractivity contribution in [3.05, 3.63) is 65.2 Å². The lowest BCUT2D eigenvalue weighted by Gasteiger charge is -2.34. The third kappa shape index (κ3) is 5.07. The van der Waals surface area contributed by atoms with Gasteiger partial charge in [-0.1, -0.05) is 30.7 Å². The maximum atomic E-state index is 13.2. The van der Waals surface area contributed by atoms with E-state index in [2.05, 4.69) is 10.1 Å². The second kappa shape index (κ2) is 9.24. The van der Waals surface area contributed by atoms with Crippen LogP contribution in [0.2, 0.25) is 0 Å². The SMILES string of the molecule is O=C(O)c1ccc(C2(NC(=O)[C@@H](OCc3cccc(OC(F)F)c3)C3CCC3)CC2)cc1. The van der Waals surface area contributed by atoms with Crippen molar-refractivity contribution in [3.8, 4) is 5.75 Å². The lowest BCUT2D eigenvalue weighted by Crippen LogP contribution is -2.47. The fourth-order valence-corrected chi connectivity index (χ4v) is 4.02. The third-order valence-electron chi connectivity index (χ3n) is 6.19. The lowest BCUT2D eigenvalue weighted by molar-refractivity contribution is -0.141.